The number of hydrogen-bond acceptors (Lipinski definition) is 9. The molecule has 3 fully saturated rings. The number of carbonyl (C=O) groups excluding carboxylic acids is 1. The third-order valence-electron chi connectivity index (χ3n) is 10.9. The average molecular weight is 513 g/mol. The van der Waals surface area contributed by atoms with E-state index in [9.17, 15) is 45.6 Å². The highest BCUT2D eigenvalue weighted by Gasteiger charge is 2.70. The zero-order valence-corrected chi connectivity index (χ0v) is 21.9. The van der Waals surface area contributed by atoms with Gasteiger partial charge in [-0.15, -0.1) is 0 Å². The van der Waals surface area contributed by atoms with Gasteiger partial charge in [-0.05, 0) is 76.4 Å². The van der Waals surface area contributed by atoms with Crippen LogP contribution in [0.2, 0.25) is 0 Å². The summed E-state index contributed by atoms with van der Waals surface area (Å²) in [4.78, 5) is 13.3. The quantitative estimate of drug-likeness (QED) is 0.247. The summed E-state index contributed by atoms with van der Waals surface area (Å²) < 4.78 is 0. The lowest BCUT2D eigenvalue weighted by Crippen LogP contribution is -2.67. The first kappa shape index (κ1) is 28.1. The van der Waals surface area contributed by atoms with Crippen LogP contribution in [0.1, 0.15) is 73.1 Å². The number of aliphatic hydroxyl groups is 8. The Labute approximate surface area is 212 Å². The van der Waals surface area contributed by atoms with Gasteiger partial charge in [-0.3, -0.25) is 4.79 Å². The summed E-state index contributed by atoms with van der Waals surface area (Å²) in [5.74, 6) is -1.96. The molecule has 36 heavy (non-hydrogen) atoms. The molecule has 206 valence electrons. The number of carbonyl (C=O) groups is 1. The second-order valence-electron chi connectivity index (χ2n) is 13.3. The van der Waals surface area contributed by atoms with Crippen LogP contribution < -0.4 is 0 Å². The summed E-state index contributed by atoms with van der Waals surface area (Å²) in [5, 5.41) is 86.9. The summed E-state index contributed by atoms with van der Waals surface area (Å²) >= 11 is 0. The Balaban J connectivity index is 1.69. The maximum Gasteiger partial charge on any atom is 0.159 e. The Kier molecular flexibility index (Phi) is 6.67. The number of ketones is 1. The molecule has 0 aromatic carbocycles. The fraction of sp³-hybridized carbons (Fsp3) is 0.889. The van der Waals surface area contributed by atoms with E-state index < -0.39 is 75.9 Å². The largest absolute Gasteiger partial charge is 0.390 e. The van der Waals surface area contributed by atoms with Crippen molar-refractivity contribution in [1.82, 2.24) is 0 Å². The first-order valence-electron chi connectivity index (χ1n) is 13.2. The van der Waals surface area contributed by atoms with Crippen molar-refractivity contribution in [2.45, 2.75) is 120 Å². The Bertz CT molecular complexity index is 925. The SMILES string of the molecule is CC(C)(O)[C@H](O)C[C@H](O)[C@](C)(O)[C@H]1CC[C@@]2(O)C3=CC(=O)[C@@H]4C[C@@H](O)[C@@H](O)[C@@H](O)[C@]4(C)[C@H]3CC[C@]12C. The Hall–Kier alpha value is -0.910. The predicted octanol–water partition coefficient (Wildman–Crippen LogP) is -0.204. The van der Waals surface area contributed by atoms with Crippen LogP contribution in [0.25, 0.3) is 0 Å². The van der Waals surface area contributed by atoms with Crippen LogP contribution in [0.5, 0.6) is 0 Å². The van der Waals surface area contributed by atoms with E-state index in [4.69, 9.17) is 0 Å². The van der Waals surface area contributed by atoms with Crippen LogP contribution in [-0.2, 0) is 4.79 Å². The molecule has 0 heterocycles. The molecule has 4 aliphatic carbocycles. The molecule has 0 spiro atoms. The standard InChI is InChI=1S/C27H44O9/c1-23(2,34)19(30)12-20(31)26(5,35)18-7-9-27(36)14-10-16(28)15-11-17(29)21(32)22(33)25(15,4)13(14)6-8-24(18,27)3/h10,13,15,17-22,29-36H,6-9,11-12H2,1-5H3/t13-,15-,17+,18-,19+,20-,21+,22+,24+,25+,26+,27+/m0/s1. The highest BCUT2D eigenvalue weighted by atomic mass is 16.4. The van der Waals surface area contributed by atoms with Gasteiger partial charge < -0.3 is 40.9 Å². The third-order valence-corrected chi connectivity index (χ3v) is 10.9. The molecule has 0 aromatic heterocycles. The molecule has 0 amide bonds. The van der Waals surface area contributed by atoms with Gasteiger partial charge in [0.05, 0.1) is 41.2 Å². The molecule has 4 rings (SSSR count). The lowest BCUT2D eigenvalue weighted by atomic mass is 9.45. The zero-order valence-electron chi connectivity index (χ0n) is 21.9. The number of fused-ring (bicyclic) bond motifs is 5. The molecule has 9 heteroatoms. The molecule has 12 atom stereocenters. The summed E-state index contributed by atoms with van der Waals surface area (Å²) in [6, 6.07) is 0. The second kappa shape index (κ2) is 8.55. The lowest BCUT2D eigenvalue weighted by Gasteiger charge is -2.61. The van der Waals surface area contributed by atoms with Gasteiger partial charge in [-0.25, -0.2) is 0 Å². The number of rotatable bonds is 5. The van der Waals surface area contributed by atoms with E-state index >= 15 is 0 Å². The topological polar surface area (TPSA) is 179 Å². The Morgan fingerprint density at radius 3 is 2.19 bits per heavy atom. The van der Waals surface area contributed by atoms with E-state index in [2.05, 4.69) is 0 Å². The Morgan fingerprint density at radius 1 is 1.00 bits per heavy atom. The number of aliphatic hydroxyl groups excluding tert-OH is 5. The lowest BCUT2D eigenvalue weighted by molar-refractivity contribution is -0.206. The molecule has 0 aromatic rings. The smallest absolute Gasteiger partial charge is 0.159 e. The predicted molar refractivity (Wildman–Crippen MR) is 129 cm³/mol. The minimum Gasteiger partial charge on any atom is -0.390 e. The number of hydrogen-bond donors (Lipinski definition) is 8. The van der Waals surface area contributed by atoms with E-state index in [0.29, 0.717) is 24.8 Å². The van der Waals surface area contributed by atoms with Crippen molar-refractivity contribution in [1.29, 1.82) is 0 Å². The normalized spacial score (nSPS) is 48.2. The van der Waals surface area contributed by atoms with Crippen molar-refractivity contribution < 1.29 is 45.6 Å². The first-order valence-corrected chi connectivity index (χ1v) is 13.2. The minimum absolute atomic E-state index is 0.0383. The summed E-state index contributed by atoms with van der Waals surface area (Å²) in [5.41, 5.74) is -6.13. The van der Waals surface area contributed by atoms with Crippen LogP contribution in [0.3, 0.4) is 0 Å². The van der Waals surface area contributed by atoms with E-state index in [1.165, 1.54) is 26.8 Å². The highest BCUT2D eigenvalue weighted by molar-refractivity contribution is 5.95. The van der Waals surface area contributed by atoms with E-state index in [1.54, 1.807) is 6.92 Å². The summed E-state index contributed by atoms with van der Waals surface area (Å²) in [6.45, 7) is 7.94. The van der Waals surface area contributed by atoms with Gasteiger partial charge in [0.1, 0.15) is 6.10 Å². The molecule has 4 aliphatic rings. The summed E-state index contributed by atoms with van der Waals surface area (Å²) in [6.07, 6.45) is -3.83. The molecular formula is C27H44O9. The van der Waals surface area contributed by atoms with Crippen molar-refractivity contribution in [2.24, 2.45) is 28.6 Å². The monoisotopic (exact) mass is 512 g/mol. The average Bonchev–Trinajstić information content (AvgIpc) is 3.06. The van der Waals surface area contributed by atoms with Crippen molar-refractivity contribution in [3.63, 3.8) is 0 Å². The Morgan fingerprint density at radius 2 is 1.61 bits per heavy atom. The van der Waals surface area contributed by atoms with Gasteiger partial charge in [0, 0.05) is 23.2 Å². The van der Waals surface area contributed by atoms with Gasteiger partial charge in [0.15, 0.2) is 5.78 Å². The maximum atomic E-state index is 13.3. The number of allylic oxidation sites excluding steroid dienone is 1. The molecule has 9 nitrogen and oxygen atoms in total. The van der Waals surface area contributed by atoms with E-state index in [0.717, 1.165) is 0 Å². The minimum atomic E-state index is -1.70. The molecule has 8 N–H and O–H groups in total. The van der Waals surface area contributed by atoms with E-state index in [1.807, 2.05) is 6.92 Å². The molecule has 3 saturated carbocycles. The van der Waals surface area contributed by atoms with E-state index in [-0.39, 0.29) is 25.0 Å². The van der Waals surface area contributed by atoms with Crippen LogP contribution in [-0.4, -0.2) is 94.0 Å². The second-order valence-corrected chi connectivity index (χ2v) is 13.3. The molecule has 0 bridgehead atoms. The van der Waals surface area contributed by atoms with Crippen molar-refractivity contribution in [3.8, 4) is 0 Å². The molecule has 0 radical (unpaired) electrons. The first-order chi connectivity index (χ1) is 16.3. The van der Waals surface area contributed by atoms with Crippen LogP contribution in [0, 0.1) is 28.6 Å². The fourth-order valence-corrected chi connectivity index (χ4v) is 8.31. The van der Waals surface area contributed by atoms with Gasteiger partial charge in [-0.1, -0.05) is 13.8 Å². The molecular weight excluding hydrogens is 468 g/mol. The molecule has 0 aliphatic heterocycles. The van der Waals surface area contributed by atoms with Gasteiger partial charge in [-0.2, -0.15) is 0 Å². The van der Waals surface area contributed by atoms with Crippen molar-refractivity contribution >= 4 is 5.78 Å². The van der Waals surface area contributed by atoms with Gasteiger partial charge in [0.2, 0.25) is 0 Å². The van der Waals surface area contributed by atoms with Gasteiger partial charge >= 0.3 is 0 Å². The summed E-state index contributed by atoms with van der Waals surface area (Å²) in [7, 11) is 0. The maximum absolute atomic E-state index is 13.3. The van der Waals surface area contributed by atoms with Crippen molar-refractivity contribution in [2.75, 3.05) is 0 Å². The molecule has 0 unspecified atom stereocenters. The van der Waals surface area contributed by atoms with Crippen molar-refractivity contribution in [3.05, 3.63) is 11.6 Å². The third kappa shape index (κ3) is 3.69. The fourth-order valence-electron chi connectivity index (χ4n) is 8.31. The van der Waals surface area contributed by atoms with Crippen LogP contribution >= 0.6 is 0 Å². The zero-order chi connectivity index (χ0) is 27.2. The molecule has 0 saturated heterocycles. The van der Waals surface area contributed by atoms with Gasteiger partial charge in [0.25, 0.3) is 0 Å². The van der Waals surface area contributed by atoms with Crippen LogP contribution in [0.15, 0.2) is 11.6 Å². The highest BCUT2D eigenvalue weighted by Crippen LogP contribution is 2.68. The van der Waals surface area contributed by atoms with Crippen LogP contribution in [0.4, 0.5) is 0 Å².